The maximum atomic E-state index is 12.8. The summed E-state index contributed by atoms with van der Waals surface area (Å²) in [4.78, 5) is 27.8. The number of nitrogens with one attached hydrogen (secondary N) is 1. The minimum atomic E-state index is -0.385. The van der Waals surface area contributed by atoms with E-state index >= 15 is 0 Å². The standard InChI is InChI=1S/C19H22N2O2S/c1-3-14-8-4-7-13(2)17(14)20-18(22)15-9-5-11-21(15)19(23)16-10-6-12-24-16/h4,6-8,10,12,15H,3,5,9,11H2,1-2H3,(H,20,22)/t15-/m1/s1. The molecule has 1 saturated heterocycles. The second kappa shape index (κ2) is 7.18. The largest absolute Gasteiger partial charge is 0.326 e. The lowest BCUT2D eigenvalue weighted by molar-refractivity contribution is -0.119. The van der Waals surface area contributed by atoms with Gasteiger partial charge in [0.2, 0.25) is 5.91 Å². The van der Waals surface area contributed by atoms with Crippen LogP contribution in [0.3, 0.4) is 0 Å². The first kappa shape index (κ1) is 16.7. The normalized spacial score (nSPS) is 17.1. The Hall–Kier alpha value is -2.14. The van der Waals surface area contributed by atoms with E-state index in [0.717, 1.165) is 36.1 Å². The van der Waals surface area contributed by atoms with Gasteiger partial charge in [0.25, 0.3) is 5.91 Å². The molecule has 0 saturated carbocycles. The molecule has 0 bridgehead atoms. The summed E-state index contributed by atoms with van der Waals surface area (Å²) in [6, 6.07) is 9.33. The number of para-hydroxylation sites is 1. The van der Waals surface area contributed by atoms with Crippen LogP contribution in [0.25, 0.3) is 0 Å². The third-order valence-electron chi connectivity index (χ3n) is 4.54. The molecule has 0 spiro atoms. The van der Waals surface area contributed by atoms with E-state index < -0.39 is 0 Å². The van der Waals surface area contributed by atoms with Gasteiger partial charge in [0.15, 0.2) is 0 Å². The van der Waals surface area contributed by atoms with Crippen LogP contribution in [0.2, 0.25) is 0 Å². The van der Waals surface area contributed by atoms with Crippen LogP contribution in [0.5, 0.6) is 0 Å². The van der Waals surface area contributed by atoms with Crippen molar-refractivity contribution in [3.8, 4) is 0 Å². The minimum absolute atomic E-state index is 0.0388. The molecule has 1 aliphatic rings. The molecule has 1 aromatic heterocycles. The third kappa shape index (κ3) is 3.22. The number of carbonyl (C=O) groups is 2. The first-order valence-corrected chi connectivity index (χ1v) is 9.23. The number of hydrogen-bond acceptors (Lipinski definition) is 3. The highest BCUT2D eigenvalue weighted by Crippen LogP contribution is 2.26. The number of likely N-dealkylation sites (tertiary alicyclic amines) is 1. The number of amides is 2. The molecule has 2 heterocycles. The van der Waals surface area contributed by atoms with Gasteiger partial charge in [0, 0.05) is 12.2 Å². The Balaban J connectivity index is 1.78. The van der Waals surface area contributed by atoms with Crippen molar-refractivity contribution in [2.75, 3.05) is 11.9 Å². The molecule has 1 N–H and O–H groups in total. The van der Waals surface area contributed by atoms with Crippen LogP contribution < -0.4 is 5.32 Å². The maximum absolute atomic E-state index is 12.8. The van der Waals surface area contributed by atoms with Crippen LogP contribution in [-0.4, -0.2) is 29.3 Å². The Bertz CT molecular complexity index is 740. The summed E-state index contributed by atoms with van der Waals surface area (Å²) in [5, 5.41) is 4.96. The Morgan fingerprint density at radius 1 is 1.29 bits per heavy atom. The molecule has 126 valence electrons. The first-order valence-electron chi connectivity index (χ1n) is 8.35. The number of hydrogen-bond donors (Lipinski definition) is 1. The molecule has 5 heteroatoms. The van der Waals surface area contributed by atoms with E-state index in [1.54, 1.807) is 4.90 Å². The van der Waals surface area contributed by atoms with Crippen molar-refractivity contribution in [1.82, 2.24) is 4.90 Å². The van der Waals surface area contributed by atoms with Gasteiger partial charge in [-0.2, -0.15) is 0 Å². The highest BCUT2D eigenvalue weighted by atomic mass is 32.1. The monoisotopic (exact) mass is 342 g/mol. The topological polar surface area (TPSA) is 49.4 Å². The van der Waals surface area contributed by atoms with Gasteiger partial charge < -0.3 is 10.2 Å². The van der Waals surface area contributed by atoms with Crippen LogP contribution in [0.4, 0.5) is 5.69 Å². The predicted octanol–water partition coefficient (Wildman–Crippen LogP) is 3.86. The van der Waals surface area contributed by atoms with Gasteiger partial charge in [0.05, 0.1) is 4.88 Å². The minimum Gasteiger partial charge on any atom is -0.326 e. The summed E-state index contributed by atoms with van der Waals surface area (Å²) in [5.41, 5.74) is 3.06. The number of carbonyl (C=O) groups excluding carboxylic acids is 2. The summed E-state index contributed by atoms with van der Waals surface area (Å²) >= 11 is 1.42. The molecule has 0 radical (unpaired) electrons. The Kier molecular flexibility index (Phi) is 5.00. The van der Waals surface area contributed by atoms with Crippen LogP contribution in [-0.2, 0) is 11.2 Å². The lowest BCUT2D eigenvalue weighted by Gasteiger charge is -2.24. The molecule has 2 amide bonds. The zero-order chi connectivity index (χ0) is 17.1. The SMILES string of the molecule is CCc1cccc(C)c1NC(=O)[C@H]1CCCN1C(=O)c1cccs1. The van der Waals surface area contributed by atoms with Crippen molar-refractivity contribution in [2.24, 2.45) is 0 Å². The van der Waals surface area contributed by atoms with E-state index in [9.17, 15) is 9.59 Å². The smallest absolute Gasteiger partial charge is 0.264 e. The van der Waals surface area contributed by atoms with Gasteiger partial charge >= 0.3 is 0 Å². The molecule has 3 rings (SSSR count). The third-order valence-corrected chi connectivity index (χ3v) is 5.39. The van der Waals surface area contributed by atoms with Crippen molar-refractivity contribution in [3.63, 3.8) is 0 Å². The van der Waals surface area contributed by atoms with E-state index in [4.69, 9.17) is 0 Å². The number of benzene rings is 1. The maximum Gasteiger partial charge on any atom is 0.264 e. The molecule has 0 aliphatic carbocycles. The zero-order valence-corrected chi connectivity index (χ0v) is 14.9. The average Bonchev–Trinajstić information content (AvgIpc) is 3.27. The lowest BCUT2D eigenvalue weighted by Crippen LogP contribution is -2.43. The number of anilines is 1. The van der Waals surface area contributed by atoms with E-state index in [1.165, 1.54) is 11.3 Å². The van der Waals surface area contributed by atoms with E-state index in [1.807, 2.05) is 42.6 Å². The fraction of sp³-hybridized carbons (Fsp3) is 0.368. The molecule has 1 aromatic carbocycles. The highest BCUT2D eigenvalue weighted by molar-refractivity contribution is 7.12. The summed E-state index contributed by atoms with van der Waals surface area (Å²) < 4.78 is 0. The number of thiophene rings is 1. The predicted molar refractivity (Wildman–Crippen MR) is 97.6 cm³/mol. The zero-order valence-electron chi connectivity index (χ0n) is 14.0. The highest BCUT2D eigenvalue weighted by Gasteiger charge is 2.35. The van der Waals surface area contributed by atoms with Crippen molar-refractivity contribution < 1.29 is 9.59 Å². The quantitative estimate of drug-likeness (QED) is 0.917. The van der Waals surface area contributed by atoms with Crippen LogP contribution >= 0.6 is 11.3 Å². The average molecular weight is 342 g/mol. The number of nitrogens with zero attached hydrogens (tertiary/aromatic N) is 1. The molecule has 24 heavy (non-hydrogen) atoms. The van der Waals surface area contributed by atoms with E-state index in [2.05, 4.69) is 12.2 Å². The van der Waals surface area contributed by atoms with Gasteiger partial charge in [-0.05, 0) is 48.8 Å². The Labute approximate surface area is 146 Å². The molecule has 1 aliphatic heterocycles. The van der Waals surface area contributed by atoms with Gasteiger partial charge in [-0.1, -0.05) is 31.2 Å². The number of rotatable bonds is 4. The summed E-state index contributed by atoms with van der Waals surface area (Å²) in [5.74, 6) is -0.121. The molecular formula is C19H22N2O2S. The fourth-order valence-corrected chi connectivity index (χ4v) is 3.91. The van der Waals surface area contributed by atoms with Crippen molar-refractivity contribution in [1.29, 1.82) is 0 Å². The summed E-state index contributed by atoms with van der Waals surface area (Å²) in [6.07, 6.45) is 2.44. The van der Waals surface area contributed by atoms with Crippen LogP contribution in [0.1, 0.15) is 40.6 Å². The van der Waals surface area contributed by atoms with Gasteiger partial charge in [-0.25, -0.2) is 0 Å². The van der Waals surface area contributed by atoms with Crippen LogP contribution in [0, 0.1) is 6.92 Å². The number of aryl methyl sites for hydroxylation is 2. The molecule has 4 nitrogen and oxygen atoms in total. The first-order chi connectivity index (χ1) is 11.6. The van der Waals surface area contributed by atoms with Crippen LogP contribution in [0.15, 0.2) is 35.7 Å². The van der Waals surface area contributed by atoms with E-state index in [-0.39, 0.29) is 17.9 Å². The van der Waals surface area contributed by atoms with Crippen molar-refractivity contribution >= 4 is 28.8 Å². The molecular weight excluding hydrogens is 320 g/mol. The second-order valence-corrected chi connectivity index (χ2v) is 7.03. The van der Waals surface area contributed by atoms with Gasteiger partial charge in [0.1, 0.15) is 6.04 Å². The lowest BCUT2D eigenvalue weighted by atomic mass is 10.1. The summed E-state index contributed by atoms with van der Waals surface area (Å²) in [7, 11) is 0. The van der Waals surface area contributed by atoms with Gasteiger partial charge in [-0.3, -0.25) is 9.59 Å². The molecule has 0 unspecified atom stereocenters. The fourth-order valence-electron chi connectivity index (χ4n) is 3.23. The van der Waals surface area contributed by atoms with Gasteiger partial charge in [-0.15, -0.1) is 11.3 Å². The molecule has 2 aromatic rings. The van der Waals surface area contributed by atoms with Crippen molar-refractivity contribution in [2.45, 2.75) is 39.2 Å². The van der Waals surface area contributed by atoms with Crippen molar-refractivity contribution in [3.05, 3.63) is 51.7 Å². The Morgan fingerprint density at radius 3 is 2.83 bits per heavy atom. The van der Waals surface area contributed by atoms with E-state index in [0.29, 0.717) is 11.4 Å². The molecule has 1 atom stereocenters. The second-order valence-electron chi connectivity index (χ2n) is 6.09. The Morgan fingerprint density at radius 2 is 2.12 bits per heavy atom. The summed E-state index contributed by atoms with van der Waals surface area (Å²) in [6.45, 7) is 4.72. The molecule has 1 fully saturated rings.